The first-order valence-electron chi connectivity index (χ1n) is 21.4. The maximum absolute atomic E-state index is 2.64. The van der Waals surface area contributed by atoms with Crippen LogP contribution < -0.4 is 4.57 Å². The number of aryl methyl sites for hydroxylation is 2. The van der Waals surface area contributed by atoms with Crippen LogP contribution in [0, 0.1) is 0 Å². The second-order valence-electron chi connectivity index (χ2n) is 14.8. The van der Waals surface area contributed by atoms with E-state index in [1.807, 2.05) is 0 Å². The van der Waals surface area contributed by atoms with E-state index < -0.39 is 0 Å². The molecule has 1 heterocycles. The fourth-order valence-electron chi connectivity index (χ4n) is 7.21. The van der Waals surface area contributed by atoms with Crippen LogP contribution in [-0.2, 0) is 19.5 Å². The summed E-state index contributed by atoms with van der Waals surface area (Å²) in [5.74, 6) is 1.62. The fourth-order valence-corrected chi connectivity index (χ4v) is 7.21. The second kappa shape index (κ2) is 34.5. The second-order valence-corrected chi connectivity index (χ2v) is 14.8. The topological polar surface area (TPSA) is 8.81 Å². The summed E-state index contributed by atoms with van der Waals surface area (Å²) in [6, 6.07) is 0. The van der Waals surface area contributed by atoms with Crippen LogP contribution in [0.1, 0.15) is 245 Å². The van der Waals surface area contributed by atoms with E-state index in [1.54, 1.807) is 5.82 Å². The highest BCUT2D eigenvalue weighted by Gasteiger charge is 2.16. The summed E-state index contributed by atoms with van der Waals surface area (Å²) in [5, 5.41) is 0. The number of hydrogen-bond donors (Lipinski definition) is 0. The van der Waals surface area contributed by atoms with Crippen LogP contribution in [0.3, 0.4) is 0 Å². The van der Waals surface area contributed by atoms with Crippen LogP contribution in [0.25, 0.3) is 0 Å². The zero-order valence-corrected chi connectivity index (χ0v) is 31.7. The van der Waals surface area contributed by atoms with Gasteiger partial charge in [0.2, 0.25) is 0 Å². The van der Waals surface area contributed by atoms with Crippen molar-refractivity contribution in [2.75, 3.05) is 0 Å². The molecule has 0 aliphatic rings. The molecule has 0 aliphatic carbocycles. The van der Waals surface area contributed by atoms with E-state index in [9.17, 15) is 0 Å². The zero-order valence-electron chi connectivity index (χ0n) is 31.7. The first-order valence-corrected chi connectivity index (χ1v) is 21.4. The van der Waals surface area contributed by atoms with Gasteiger partial charge in [-0.1, -0.05) is 207 Å². The van der Waals surface area contributed by atoms with Crippen LogP contribution in [0.5, 0.6) is 0 Å². The highest BCUT2D eigenvalue weighted by molar-refractivity contribution is 4.84. The fraction of sp³-hybridized carbons (Fsp3) is 0.930. The quantitative estimate of drug-likeness (QED) is 0.0511. The molecule has 1 rings (SSSR count). The molecule has 0 amide bonds. The molecule has 0 atom stereocenters. The Morgan fingerprint density at radius 3 is 1.07 bits per heavy atom. The average molecular weight is 630 g/mol. The Morgan fingerprint density at radius 2 is 0.689 bits per heavy atom. The number of rotatable bonds is 37. The maximum Gasteiger partial charge on any atom is 0.256 e. The third kappa shape index (κ3) is 26.9. The van der Waals surface area contributed by atoms with Gasteiger partial charge in [-0.25, -0.2) is 9.13 Å². The molecule has 2 nitrogen and oxygen atoms in total. The van der Waals surface area contributed by atoms with Crippen molar-refractivity contribution >= 4 is 0 Å². The molecule has 0 bridgehead atoms. The lowest BCUT2D eigenvalue weighted by Crippen LogP contribution is -2.37. The van der Waals surface area contributed by atoms with Crippen molar-refractivity contribution in [3.8, 4) is 0 Å². The van der Waals surface area contributed by atoms with Gasteiger partial charge in [-0.15, -0.1) is 0 Å². The Labute approximate surface area is 285 Å². The van der Waals surface area contributed by atoms with E-state index in [0.717, 1.165) is 0 Å². The van der Waals surface area contributed by atoms with Crippen molar-refractivity contribution in [2.24, 2.45) is 0 Å². The van der Waals surface area contributed by atoms with Crippen LogP contribution in [0.15, 0.2) is 12.4 Å². The molecule has 0 spiro atoms. The summed E-state index contributed by atoms with van der Waals surface area (Å²) in [6.45, 7) is 9.40. The van der Waals surface area contributed by atoms with E-state index in [-0.39, 0.29) is 0 Å². The molecule has 0 unspecified atom stereocenters. The van der Waals surface area contributed by atoms with E-state index in [4.69, 9.17) is 0 Å². The normalized spacial score (nSPS) is 11.6. The molecular weight excluding hydrogens is 544 g/mol. The van der Waals surface area contributed by atoms with Gasteiger partial charge in [0.25, 0.3) is 5.82 Å². The summed E-state index contributed by atoms with van der Waals surface area (Å²) < 4.78 is 5.26. The number of unbranched alkanes of at least 4 members (excludes halogenated alkanes) is 31. The number of hydrogen-bond acceptors (Lipinski definition) is 0. The monoisotopic (exact) mass is 630 g/mol. The smallest absolute Gasteiger partial charge is 0.234 e. The summed E-state index contributed by atoms with van der Waals surface area (Å²) in [6.07, 6.45) is 54.9. The van der Waals surface area contributed by atoms with Gasteiger partial charge in [0.15, 0.2) is 0 Å². The predicted molar refractivity (Wildman–Crippen MR) is 202 cm³/mol. The van der Waals surface area contributed by atoms with E-state index in [2.05, 4.69) is 42.3 Å². The van der Waals surface area contributed by atoms with Crippen LogP contribution >= 0.6 is 0 Å². The molecule has 0 saturated heterocycles. The molecule has 0 saturated carbocycles. The molecule has 2 heteroatoms. The highest BCUT2D eigenvalue weighted by Crippen LogP contribution is 2.16. The third-order valence-corrected chi connectivity index (χ3v) is 10.3. The molecule has 266 valence electrons. The predicted octanol–water partition coefficient (Wildman–Crippen LogP) is 14.6. The van der Waals surface area contributed by atoms with Crippen molar-refractivity contribution in [3.63, 3.8) is 0 Å². The van der Waals surface area contributed by atoms with Crippen molar-refractivity contribution in [3.05, 3.63) is 18.2 Å². The van der Waals surface area contributed by atoms with Crippen molar-refractivity contribution in [1.82, 2.24) is 4.57 Å². The molecule has 45 heavy (non-hydrogen) atoms. The summed E-state index contributed by atoms with van der Waals surface area (Å²) in [7, 11) is 0. The third-order valence-electron chi connectivity index (χ3n) is 10.3. The van der Waals surface area contributed by atoms with Gasteiger partial charge in [0, 0.05) is 6.42 Å². The number of aromatic nitrogens is 2. The Bertz CT molecular complexity index is 692. The first-order chi connectivity index (χ1) is 22.3. The Morgan fingerprint density at radius 1 is 0.378 bits per heavy atom. The van der Waals surface area contributed by atoms with Crippen molar-refractivity contribution in [2.45, 2.75) is 259 Å². The Kier molecular flexibility index (Phi) is 32.4. The zero-order chi connectivity index (χ0) is 32.3. The lowest BCUT2D eigenvalue weighted by molar-refractivity contribution is -0.704. The van der Waals surface area contributed by atoms with Gasteiger partial charge in [-0.2, -0.15) is 0 Å². The lowest BCUT2D eigenvalue weighted by Gasteiger charge is -2.07. The highest BCUT2D eigenvalue weighted by atomic mass is 15.1. The average Bonchev–Trinajstić information content (AvgIpc) is 3.43. The molecular formula is C43H85N2+. The molecule has 1 aromatic rings. The van der Waals surface area contributed by atoms with Crippen LogP contribution in [0.4, 0.5) is 0 Å². The molecule has 0 fully saturated rings. The molecule has 0 aliphatic heterocycles. The van der Waals surface area contributed by atoms with Crippen molar-refractivity contribution < 1.29 is 4.57 Å². The number of nitrogens with zero attached hydrogens (tertiary/aromatic N) is 2. The largest absolute Gasteiger partial charge is 0.256 e. The maximum atomic E-state index is 2.64. The van der Waals surface area contributed by atoms with Gasteiger partial charge in [-0.3, -0.25) is 0 Å². The van der Waals surface area contributed by atoms with Crippen molar-refractivity contribution in [1.29, 1.82) is 0 Å². The first kappa shape index (κ1) is 42.2. The van der Waals surface area contributed by atoms with E-state index in [1.165, 1.54) is 238 Å². The Balaban J connectivity index is 2.18. The molecule has 0 aromatic carbocycles. The van der Waals surface area contributed by atoms with Gasteiger partial charge in [0.05, 0.1) is 13.1 Å². The molecule has 1 aromatic heterocycles. The van der Waals surface area contributed by atoms with Crippen LogP contribution in [0.2, 0.25) is 0 Å². The van der Waals surface area contributed by atoms with Gasteiger partial charge < -0.3 is 0 Å². The number of imidazole rings is 1. The van der Waals surface area contributed by atoms with Crippen LogP contribution in [-0.4, -0.2) is 4.57 Å². The van der Waals surface area contributed by atoms with Gasteiger partial charge in [0.1, 0.15) is 12.4 Å². The van der Waals surface area contributed by atoms with E-state index >= 15 is 0 Å². The Hall–Kier alpha value is -0.790. The van der Waals surface area contributed by atoms with Gasteiger partial charge in [-0.05, 0) is 32.1 Å². The summed E-state index contributed by atoms with van der Waals surface area (Å²) in [5.41, 5.74) is 0. The summed E-state index contributed by atoms with van der Waals surface area (Å²) >= 11 is 0. The van der Waals surface area contributed by atoms with E-state index in [0.29, 0.717) is 0 Å². The standard InChI is InChI=1S/C43H85N2/c1-4-7-10-13-15-17-19-21-23-24-26-28-30-32-35-38-43-44(39-36-33-12-9-6-3)41-42-45(43)40-37-34-31-29-27-25-22-20-18-16-14-11-8-5-2/h41-42H,4-40H2,1-3H3/q+1. The minimum atomic E-state index is 1.23. The minimum Gasteiger partial charge on any atom is -0.234 e. The molecule has 0 N–H and O–H groups in total. The minimum absolute atomic E-state index is 1.23. The molecule has 0 radical (unpaired) electrons. The van der Waals surface area contributed by atoms with Gasteiger partial charge >= 0.3 is 0 Å². The lowest BCUT2D eigenvalue weighted by atomic mass is 10.0. The summed E-state index contributed by atoms with van der Waals surface area (Å²) in [4.78, 5) is 0. The SMILES string of the molecule is CCCCCCCCCCCCCCCCCc1n(CCCCCCCCCCCCCCCC)cc[n+]1CCCCCCC.